The van der Waals surface area contributed by atoms with Crippen LogP contribution in [0.5, 0.6) is 0 Å². The molecule has 18 heavy (non-hydrogen) atoms. The van der Waals surface area contributed by atoms with E-state index in [1.54, 1.807) is 0 Å². The van der Waals surface area contributed by atoms with Crippen molar-refractivity contribution in [2.24, 2.45) is 0 Å². The molecule has 2 aromatic carbocycles. The van der Waals surface area contributed by atoms with E-state index in [0.717, 1.165) is 0 Å². The monoisotopic (exact) mass is 386 g/mol. The zero-order chi connectivity index (χ0) is 11.2. The van der Waals surface area contributed by atoms with E-state index >= 15 is 0 Å². The number of halogens is 2. The van der Waals surface area contributed by atoms with Gasteiger partial charge in [0.15, 0.2) is 0 Å². The van der Waals surface area contributed by atoms with Gasteiger partial charge in [-0.2, -0.15) is 0 Å². The molecule has 4 heteroatoms. The molecule has 0 atom stereocenters. The molecule has 98 valence electrons. The van der Waals surface area contributed by atoms with Crippen molar-refractivity contribution in [3.63, 3.8) is 0 Å². The molecule has 0 bridgehead atoms. The van der Waals surface area contributed by atoms with Gasteiger partial charge in [-0.3, -0.25) is 0 Å². The van der Waals surface area contributed by atoms with E-state index in [4.69, 9.17) is 0 Å². The van der Waals surface area contributed by atoms with E-state index in [2.05, 4.69) is 71.9 Å². The van der Waals surface area contributed by atoms with Crippen LogP contribution in [-0.4, -0.2) is 0 Å². The molecule has 0 saturated carbocycles. The summed E-state index contributed by atoms with van der Waals surface area (Å²) in [6, 6.07) is 21.6. The zero-order valence-corrected chi connectivity index (χ0v) is 13.9. The van der Waals surface area contributed by atoms with Crippen molar-refractivity contribution in [2.45, 2.75) is 0 Å². The molecule has 0 radical (unpaired) electrons. The van der Waals surface area contributed by atoms with Gasteiger partial charge >= 0.3 is 105 Å². The summed E-state index contributed by atoms with van der Waals surface area (Å²) in [6.07, 6.45) is -0.179. The first-order valence-corrected chi connectivity index (χ1v) is 9.59. The quantitative estimate of drug-likeness (QED) is 0.548. The van der Waals surface area contributed by atoms with E-state index in [1.165, 1.54) is 10.6 Å². The summed E-state index contributed by atoms with van der Waals surface area (Å²) >= 11 is 0.217. The maximum absolute atomic E-state index is 3.91. The molecular weight excluding hydrogens is 371 g/mol. The Kier molecular flexibility index (Phi) is 9.60. The van der Waals surface area contributed by atoms with Crippen molar-refractivity contribution >= 4 is 41.7 Å². The van der Waals surface area contributed by atoms with Gasteiger partial charge in [-0.1, -0.05) is 0 Å². The molecule has 0 aliphatic rings. The Hall–Kier alpha value is -0.187. The van der Waals surface area contributed by atoms with Crippen molar-refractivity contribution in [3.05, 3.63) is 71.9 Å². The molecule has 0 aromatic heterocycles. The van der Waals surface area contributed by atoms with Crippen LogP contribution in [0.1, 0.15) is 0 Å². The first-order valence-electron chi connectivity index (χ1n) is 5.04. The number of rotatable bonds is 4. The van der Waals surface area contributed by atoms with Gasteiger partial charge in [-0.25, -0.2) is 0 Å². The summed E-state index contributed by atoms with van der Waals surface area (Å²) in [5, 5.41) is 2.92. The fraction of sp³-hybridized carbons (Fsp3) is 0. The van der Waals surface area contributed by atoms with Crippen molar-refractivity contribution < 1.29 is 16.6 Å². The summed E-state index contributed by atoms with van der Waals surface area (Å²) in [5.74, 6) is 0. The van der Waals surface area contributed by atoms with Crippen LogP contribution in [0.2, 0.25) is 0 Å². The molecule has 0 saturated heterocycles. The fourth-order valence-electron chi connectivity index (χ4n) is 1.43. The van der Waals surface area contributed by atoms with E-state index in [1.807, 2.05) is 0 Å². The summed E-state index contributed by atoms with van der Waals surface area (Å²) < 4.78 is 2.11. The minimum atomic E-state index is -0.179. The van der Waals surface area contributed by atoms with E-state index in [9.17, 15) is 0 Å². The second-order valence-corrected chi connectivity index (χ2v) is 9.32. The summed E-state index contributed by atoms with van der Waals surface area (Å²) in [5.41, 5.74) is 0. The van der Waals surface area contributed by atoms with E-state index in [0.29, 0.717) is 0 Å². The van der Waals surface area contributed by atoms with Crippen LogP contribution in [-0.2, 0) is 16.6 Å². The number of hydrogen-bond acceptors (Lipinski definition) is 0. The first kappa shape index (κ1) is 17.8. The van der Waals surface area contributed by atoms with Crippen LogP contribution in [0.4, 0.5) is 0 Å². The molecule has 2 rings (SSSR count). The number of benzene rings is 2. The fourth-order valence-corrected chi connectivity index (χ4v) is 6.98. The van der Waals surface area contributed by atoms with Gasteiger partial charge in [0.25, 0.3) is 0 Å². The Balaban J connectivity index is 0.00000144. The summed E-state index contributed by atoms with van der Waals surface area (Å²) in [6.45, 7) is 3.91. The van der Waals surface area contributed by atoms with Crippen LogP contribution in [0.25, 0.3) is 0 Å². The van der Waals surface area contributed by atoms with Crippen LogP contribution in [0.3, 0.4) is 0 Å². The van der Waals surface area contributed by atoms with E-state index in [-0.39, 0.29) is 47.7 Å². The average molecular weight is 386 g/mol. The first-order chi connectivity index (χ1) is 7.92. The smallest absolute Gasteiger partial charge is 0.147 e. The average Bonchev–Trinajstić information content (AvgIpc) is 2.38. The van der Waals surface area contributed by atoms with Crippen molar-refractivity contribution in [1.29, 1.82) is 0 Å². The Labute approximate surface area is 130 Å². The zero-order valence-electron chi connectivity index (χ0n) is 9.68. The molecule has 0 heterocycles. The van der Waals surface area contributed by atoms with Crippen LogP contribution in [0, 0.1) is 0 Å². The van der Waals surface area contributed by atoms with Gasteiger partial charge in [0.2, 0.25) is 0 Å². The van der Waals surface area contributed by atoms with Crippen molar-refractivity contribution in [1.82, 2.24) is 0 Å². The van der Waals surface area contributed by atoms with Gasteiger partial charge in [0, 0.05) is 0 Å². The maximum Gasteiger partial charge on any atom is -0.147 e. The molecule has 0 aliphatic heterocycles. The SMILES string of the molecule is C=[CH][Ru][P](c1ccccc1)c1ccccc1.Cl.Cl. The maximum atomic E-state index is 3.91. The third kappa shape index (κ3) is 4.83. The predicted molar refractivity (Wildman–Crippen MR) is 83.8 cm³/mol. The predicted octanol–water partition coefficient (Wildman–Crippen LogP) is 4.10. The van der Waals surface area contributed by atoms with Crippen LogP contribution in [0.15, 0.2) is 71.9 Å². The second-order valence-electron chi connectivity index (χ2n) is 3.18. The topological polar surface area (TPSA) is 0 Å². The molecular formula is C14H15Cl2PRu. The van der Waals surface area contributed by atoms with Gasteiger partial charge in [0.1, 0.15) is 0 Å². The normalized spacial score (nSPS) is 9.39. The third-order valence-electron chi connectivity index (χ3n) is 2.11. The molecule has 0 aliphatic carbocycles. The largest absolute Gasteiger partial charge is 0.147 e. The Bertz CT molecular complexity index is 408. The molecule has 0 fully saturated rings. The van der Waals surface area contributed by atoms with Gasteiger partial charge in [-0.15, -0.1) is 24.8 Å². The number of hydrogen-bond donors (Lipinski definition) is 0. The Morgan fingerprint density at radius 2 is 1.17 bits per heavy atom. The van der Waals surface area contributed by atoms with Gasteiger partial charge in [-0.05, 0) is 0 Å². The minimum Gasteiger partial charge on any atom is -0.147 e. The molecule has 0 N–H and O–H groups in total. The van der Waals surface area contributed by atoms with Crippen LogP contribution >= 0.6 is 31.1 Å². The molecule has 0 amide bonds. The van der Waals surface area contributed by atoms with Crippen LogP contribution < -0.4 is 10.6 Å². The molecule has 0 unspecified atom stereocenters. The van der Waals surface area contributed by atoms with E-state index < -0.39 is 0 Å². The van der Waals surface area contributed by atoms with Gasteiger partial charge in [0.05, 0.1) is 0 Å². The molecule has 0 spiro atoms. The summed E-state index contributed by atoms with van der Waals surface area (Å²) in [4.78, 5) is 0. The molecule has 0 nitrogen and oxygen atoms in total. The summed E-state index contributed by atoms with van der Waals surface area (Å²) in [7, 11) is 0. The van der Waals surface area contributed by atoms with Crippen molar-refractivity contribution in [2.75, 3.05) is 0 Å². The molecule has 2 aromatic rings. The second kappa shape index (κ2) is 9.71. The standard InChI is InChI=1S/C12H10P.C2H3.2ClH.Ru/c1-3-7-11(8-4-1)13-12-9-5-2-6-10-12;1-2;;;/h1-10H;1H,2H2;2*1H;/q-1;;;;+1. The Morgan fingerprint density at radius 1 is 0.778 bits per heavy atom. The Morgan fingerprint density at radius 3 is 1.50 bits per heavy atom. The minimum absolute atomic E-state index is 0. The third-order valence-corrected chi connectivity index (χ3v) is 8.89. The van der Waals surface area contributed by atoms with Crippen molar-refractivity contribution in [3.8, 4) is 0 Å². The van der Waals surface area contributed by atoms with Gasteiger partial charge < -0.3 is 0 Å².